The van der Waals surface area contributed by atoms with Gasteiger partial charge < -0.3 is 25.3 Å². The van der Waals surface area contributed by atoms with E-state index in [-0.39, 0.29) is 11.5 Å². The van der Waals surface area contributed by atoms with Gasteiger partial charge in [-0.05, 0) is 24.3 Å². The zero-order valence-corrected chi connectivity index (χ0v) is 9.46. The Morgan fingerprint density at radius 1 is 0.722 bits per heavy atom. The van der Waals surface area contributed by atoms with Crippen LogP contribution in [0.5, 0.6) is 11.5 Å². The molecule has 2 aromatic rings. The first-order valence-corrected chi connectivity index (χ1v) is 4.90. The highest BCUT2D eigenvalue weighted by atomic mass is 16.5. The Kier molecular flexibility index (Phi) is 8.92. The Balaban J connectivity index is 0.000000257. The van der Waals surface area contributed by atoms with E-state index in [2.05, 4.69) is 4.98 Å². The van der Waals surface area contributed by atoms with E-state index in [4.69, 9.17) is 25.3 Å². The molecule has 1 aromatic heterocycles. The molecule has 0 atom stereocenters. The number of aromatic hydroxyl groups is 2. The van der Waals surface area contributed by atoms with Crippen LogP contribution in [0.25, 0.3) is 0 Å². The molecule has 0 radical (unpaired) electrons. The quantitative estimate of drug-likeness (QED) is 0.336. The molecule has 0 bridgehead atoms. The molecule has 0 fully saturated rings. The first-order valence-electron chi connectivity index (χ1n) is 4.90. The normalized spacial score (nSPS) is 8.17. The van der Waals surface area contributed by atoms with Gasteiger partial charge in [-0.1, -0.05) is 18.2 Å². The fraction of sp³-hybridized carbons (Fsp3) is 0. The number of phenols is 2. The molecule has 0 unspecified atom stereocenters. The summed E-state index contributed by atoms with van der Waals surface area (Å²) in [5.41, 5.74) is 0. The maximum atomic E-state index is 8.67. The van der Waals surface area contributed by atoms with Gasteiger partial charge in [-0.3, -0.25) is 4.98 Å². The number of hydrogen-bond donors (Lipinski definition) is 5. The summed E-state index contributed by atoms with van der Waals surface area (Å²) < 4.78 is 0. The summed E-state index contributed by atoms with van der Waals surface area (Å²) in [5, 5.41) is 38.8. The molecule has 2 rings (SSSR count). The lowest BCUT2D eigenvalue weighted by Crippen LogP contribution is -2.07. The van der Waals surface area contributed by atoms with E-state index < -0.39 is 7.32 Å². The fourth-order valence-electron chi connectivity index (χ4n) is 0.777. The van der Waals surface area contributed by atoms with Crippen LogP contribution >= 0.6 is 0 Å². The van der Waals surface area contributed by atoms with Crippen molar-refractivity contribution in [1.29, 1.82) is 0 Å². The molecule has 0 spiro atoms. The Bertz CT molecular complexity index is 363. The highest BCUT2D eigenvalue weighted by Gasteiger charge is 1.92. The standard InChI is InChI=1S/C6H6O2.C5H5N.BH3O3/c7-5-3-1-2-4-6(5)8;1-2-4-6-5-3-1;2-1(3)4/h1-4,7-8H;1-5H;2-4H. The minimum atomic E-state index is -2.17. The van der Waals surface area contributed by atoms with Crippen LogP contribution in [-0.2, 0) is 0 Å². The van der Waals surface area contributed by atoms with Gasteiger partial charge in [-0.25, -0.2) is 0 Å². The molecular weight excluding hydrogens is 237 g/mol. The lowest BCUT2D eigenvalue weighted by molar-refractivity contribution is 0.278. The van der Waals surface area contributed by atoms with Crippen molar-refractivity contribution in [3.8, 4) is 11.5 Å². The number of para-hydroxylation sites is 2. The van der Waals surface area contributed by atoms with Crippen LogP contribution in [0.2, 0.25) is 0 Å². The lowest BCUT2D eigenvalue weighted by atomic mass is 10.3. The largest absolute Gasteiger partial charge is 0.631 e. The summed E-state index contributed by atoms with van der Waals surface area (Å²) in [5.74, 6) is -0.153. The number of hydrogen-bond acceptors (Lipinski definition) is 6. The SMILES string of the molecule is OB(O)O.Oc1ccccc1O.c1ccncc1. The van der Waals surface area contributed by atoms with Crippen molar-refractivity contribution in [2.75, 3.05) is 0 Å². The topological polar surface area (TPSA) is 114 Å². The zero-order valence-electron chi connectivity index (χ0n) is 9.46. The molecule has 5 N–H and O–H groups in total. The van der Waals surface area contributed by atoms with Crippen LogP contribution in [0, 0.1) is 0 Å². The second-order valence-corrected chi connectivity index (χ2v) is 2.86. The van der Waals surface area contributed by atoms with Crippen LogP contribution in [-0.4, -0.2) is 37.6 Å². The first-order chi connectivity index (χ1) is 8.54. The molecule has 0 aliphatic heterocycles. The number of pyridine rings is 1. The summed E-state index contributed by atoms with van der Waals surface area (Å²) in [6.07, 6.45) is 3.50. The Hall–Kier alpha value is -2.09. The van der Waals surface area contributed by atoms with Gasteiger partial charge in [0.25, 0.3) is 0 Å². The van der Waals surface area contributed by atoms with Crippen molar-refractivity contribution < 1.29 is 25.3 Å². The van der Waals surface area contributed by atoms with Gasteiger partial charge in [0.05, 0.1) is 0 Å². The van der Waals surface area contributed by atoms with Gasteiger partial charge in [0.15, 0.2) is 11.5 Å². The third-order valence-electron chi connectivity index (χ3n) is 1.45. The van der Waals surface area contributed by atoms with E-state index in [1.807, 2.05) is 18.2 Å². The molecule has 1 aromatic carbocycles. The average Bonchev–Trinajstić information content (AvgIpc) is 2.35. The molecule has 0 aliphatic rings. The van der Waals surface area contributed by atoms with Crippen molar-refractivity contribution >= 4 is 7.32 Å². The molecule has 0 saturated carbocycles. The predicted molar refractivity (Wildman–Crippen MR) is 66.4 cm³/mol. The van der Waals surface area contributed by atoms with Crippen LogP contribution in [0.3, 0.4) is 0 Å². The van der Waals surface area contributed by atoms with Crippen molar-refractivity contribution in [2.45, 2.75) is 0 Å². The van der Waals surface area contributed by atoms with E-state index in [1.54, 1.807) is 24.5 Å². The van der Waals surface area contributed by atoms with E-state index in [9.17, 15) is 0 Å². The van der Waals surface area contributed by atoms with Gasteiger partial charge in [0.2, 0.25) is 0 Å². The molecule has 0 saturated heterocycles. The highest BCUT2D eigenvalue weighted by Crippen LogP contribution is 2.21. The number of aromatic nitrogens is 1. The van der Waals surface area contributed by atoms with Gasteiger partial charge in [-0.15, -0.1) is 0 Å². The summed E-state index contributed by atoms with van der Waals surface area (Å²) in [7, 11) is -2.17. The van der Waals surface area contributed by atoms with Crippen LogP contribution in [0.4, 0.5) is 0 Å². The molecule has 18 heavy (non-hydrogen) atoms. The molecular formula is C11H14BNO5. The van der Waals surface area contributed by atoms with Crippen molar-refractivity contribution in [3.05, 3.63) is 54.9 Å². The summed E-state index contributed by atoms with van der Waals surface area (Å²) >= 11 is 0. The monoisotopic (exact) mass is 251 g/mol. The Morgan fingerprint density at radius 3 is 1.28 bits per heavy atom. The van der Waals surface area contributed by atoms with Crippen LogP contribution in [0.15, 0.2) is 54.9 Å². The minimum absolute atomic E-state index is 0.0764. The Morgan fingerprint density at radius 2 is 1.11 bits per heavy atom. The van der Waals surface area contributed by atoms with Gasteiger partial charge in [-0.2, -0.15) is 0 Å². The highest BCUT2D eigenvalue weighted by molar-refractivity contribution is 6.30. The smallest absolute Gasteiger partial charge is 0.504 e. The maximum absolute atomic E-state index is 8.67. The van der Waals surface area contributed by atoms with E-state index in [0.29, 0.717) is 0 Å². The van der Waals surface area contributed by atoms with E-state index in [1.165, 1.54) is 12.1 Å². The summed E-state index contributed by atoms with van der Waals surface area (Å²) in [4.78, 5) is 3.78. The molecule has 6 nitrogen and oxygen atoms in total. The number of rotatable bonds is 0. The first kappa shape index (κ1) is 15.9. The third kappa shape index (κ3) is 10.4. The number of benzene rings is 1. The lowest BCUT2D eigenvalue weighted by Gasteiger charge is -1.91. The average molecular weight is 251 g/mol. The second-order valence-electron chi connectivity index (χ2n) is 2.86. The van der Waals surface area contributed by atoms with Gasteiger partial charge in [0, 0.05) is 12.4 Å². The predicted octanol–water partition coefficient (Wildman–Crippen LogP) is 0.128. The van der Waals surface area contributed by atoms with Crippen molar-refractivity contribution in [3.63, 3.8) is 0 Å². The van der Waals surface area contributed by atoms with Gasteiger partial charge in [0.1, 0.15) is 0 Å². The van der Waals surface area contributed by atoms with Gasteiger partial charge >= 0.3 is 7.32 Å². The molecule has 0 amide bonds. The summed E-state index contributed by atoms with van der Waals surface area (Å²) in [6, 6.07) is 11.9. The Labute approximate surface area is 105 Å². The van der Waals surface area contributed by atoms with E-state index >= 15 is 0 Å². The number of phenolic OH excluding ortho intramolecular Hbond substituents is 2. The molecule has 1 heterocycles. The maximum Gasteiger partial charge on any atom is 0.631 e. The third-order valence-corrected chi connectivity index (χ3v) is 1.45. The van der Waals surface area contributed by atoms with Crippen molar-refractivity contribution in [1.82, 2.24) is 4.98 Å². The fourth-order valence-corrected chi connectivity index (χ4v) is 0.777. The summed E-state index contributed by atoms with van der Waals surface area (Å²) in [6.45, 7) is 0. The van der Waals surface area contributed by atoms with E-state index in [0.717, 1.165) is 0 Å². The molecule has 0 aliphatic carbocycles. The minimum Gasteiger partial charge on any atom is -0.504 e. The number of nitrogens with zero attached hydrogens (tertiary/aromatic N) is 1. The van der Waals surface area contributed by atoms with Crippen LogP contribution < -0.4 is 0 Å². The second kappa shape index (κ2) is 10.1. The van der Waals surface area contributed by atoms with Crippen LogP contribution in [0.1, 0.15) is 0 Å². The molecule has 7 heteroatoms. The molecule has 96 valence electrons. The van der Waals surface area contributed by atoms with Crippen molar-refractivity contribution in [2.24, 2.45) is 0 Å². The zero-order chi connectivity index (χ0) is 13.8.